The van der Waals surface area contributed by atoms with Crippen LogP contribution >= 0.6 is 0 Å². The number of ether oxygens (including phenoxy) is 1. The lowest BCUT2D eigenvalue weighted by molar-refractivity contribution is -0.139. The summed E-state index contributed by atoms with van der Waals surface area (Å²) < 4.78 is 27.8. The van der Waals surface area contributed by atoms with Crippen LogP contribution in [0, 0.1) is 6.92 Å². The van der Waals surface area contributed by atoms with Gasteiger partial charge in [0, 0.05) is 32.6 Å². The van der Waals surface area contributed by atoms with Crippen molar-refractivity contribution >= 4 is 21.7 Å². The molecule has 10 nitrogen and oxygen atoms in total. The highest BCUT2D eigenvalue weighted by atomic mass is 32.2. The fourth-order valence-corrected chi connectivity index (χ4v) is 5.23. The molecule has 3 aromatic carbocycles. The zero-order valence-electron chi connectivity index (χ0n) is 28.2. The van der Waals surface area contributed by atoms with E-state index in [2.05, 4.69) is 10.2 Å². The molecule has 3 aromatic rings. The van der Waals surface area contributed by atoms with Gasteiger partial charge < -0.3 is 25.4 Å². The number of aliphatic hydroxyl groups is 2. The molecule has 11 heteroatoms. The number of aliphatic carboxylic acids is 1. The molecule has 256 valence electrons. The number of likely N-dealkylation sites (tertiary alicyclic amines) is 1. The number of hydrogen-bond acceptors (Lipinski definition) is 8. The molecule has 1 unspecified atom stereocenters. The standard InChI is InChI=1S/C24H30N2O5S.C7H8O.C2H6.2CH4O/c1-17-7-3-4-8-19(17)21-15-18(16-26-12-5-6-13-26)9-10-20(21)23(27)25-22(24(28)29)11-14-32(2,30)31;1-8-7-5-3-2-4-6-7;3*1-2/h3-4,7-10,15,22H,5-6,11-14,16H2,1-2H3,(H,25,27)(H,28,29);2-6H,1H3;1-2H3;2*2H,1H3. The largest absolute Gasteiger partial charge is 0.497 e. The Labute approximate surface area is 275 Å². The number of carbonyl (C=O) groups is 2. The number of carboxylic acids is 1. The molecule has 1 saturated heterocycles. The zero-order chi connectivity index (χ0) is 35.1. The number of amides is 1. The first-order chi connectivity index (χ1) is 22.1. The molecule has 1 atom stereocenters. The van der Waals surface area contributed by atoms with Gasteiger partial charge in [-0.15, -0.1) is 0 Å². The average Bonchev–Trinajstić information content (AvgIpc) is 3.59. The number of carbonyl (C=O) groups excluding carboxylic acids is 1. The van der Waals surface area contributed by atoms with E-state index in [1.54, 1.807) is 13.2 Å². The first-order valence-electron chi connectivity index (χ1n) is 15.2. The minimum Gasteiger partial charge on any atom is -0.497 e. The summed E-state index contributed by atoms with van der Waals surface area (Å²) in [4.78, 5) is 27.1. The van der Waals surface area contributed by atoms with Crippen LogP contribution < -0.4 is 10.1 Å². The van der Waals surface area contributed by atoms with E-state index in [0.717, 1.165) is 68.1 Å². The molecular formula is C35H52N2O8S. The van der Waals surface area contributed by atoms with Crippen LogP contribution in [0.5, 0.6) is 5.75 Å². The number of aliphatic hydroxyl groups excluding tert-OH is 2. The topological polar surface area (TPSA) is 153 Å². The van der Waals surface area contributed by atoms with Gasteiger partial charge in [0.05, 0.1) is 12.9 Å². The lowest BCUT2D eigenvalue weighted by Gasteiger charge is -2.19. The van der Waals surface area contributed by atoms with Crippen LogP contribution in [0.3, 0.4) is 0 Å². The molecule has 4 rings (SSSR count). The monoisotopic (exact) mass is 660 g/mol. The van der Waals surface area contributed by atoms with E-state index in [9.17, 15) is 23.1 Å². The highest BCUT2D eigenvalue weighted by molar-refractivity contribution is 7.90. The third-order valence-corrected chi connectivity index (χ3v) is 7.71. The highest BCUT2D eigenvalue weighted by Gasteiger charge is 2.24. The molecule has 0 spiro atoms. The van der Waals surface area contributed by atoms with E-state index in [1.807, 2.05) is 87.5 Å². The van der Waals surface area contributed by atoms with Gasteiger partial charge in [-0.1, -0.05) is 62.4 Å². The highest BCUT2D eigenvalue weighted by Crippen LogP contribution is 2.29. The summed E-state index contributed by atoms with van der Waals surface area (Å²) in [6.07, 6.45) is 3.24. The van der Waals surface area contributed by atoms with Gasteiger partial charge in [-0.25, -0.2) is 13.2 Å². The second-order valence-electron chi connectivity index (χ2n) is 9.98. The normalized spacial score (nSPS) is 12.6. The smallest absolute Gasteiger partial charge is 0.326 e. The van der Waals surface area contributed by atoms with Gasteiger partial charge in [0.25, 0.3) is 5.91 Å². The van der Waals surface area contributed by atoms with Crippen molar-refractivity contribution < 1.29 is 38.1 Å². The maximum atomic E-state index is 13.1. The number of nitrogens with zero attached hydrogens (tertiary/aromatic N) is 1. The Hall–Kier alpha value is -3.77. The van der Waals surface area contributed by atoms with E-state index in [0.29, 0.717) is 5.56 Å². The van der Waals surface area contributed by atoms with Gasteiger partial charge in [0.2, 0.25) is 0 Å². The number of methoxy groups -OCH3 is 1. The quantitative estimate of drug-likeness (QED) is 0.240. The number of para-hydroxylation sites is 1. The van der Waals surface area contributed by atoms with E-state index in [1.165, 1.54) is 12.8 Å². The third-order valence-electron chi connectivity index (χ3n) is 6.73. The fraction of sp³-hybridized carbons (Fsp3) is 0.429. The molecule has 46 heavy (non-hydrogen) atoms. The van der Waals surface area contributed by atoms with Crippen LogP contribution in [0.25, 0.3) is 11.1 Å². The van der Waals surface area contributed by atoms with Crippen molar-refractivity contribution in [3.63, 3.8) is 0 Å². The molecular weight excluding hydrogens is 608 g/mol. The number of sulfone groups is 1. The molecule has 0 bridgehead atoms. The van der Waals surface area contributed by atoms with Crippen LogP contribution in [0.1, 0.15) is 54.6 Å². The summed E-state index contributed by atoms with van der Waals surface area (Å²) in [6, 6.07) is 21.8. The molecule has 0 aliphatic carbocycles. The van der Waals surface area contributed by atoms with Gasteiger partial charge >= 0.3 is 5.97 Å². The van der Waals surface area contributed by atoms with Gasteiger partial charge in [-0.3, -0.25) is 9.69 Å². The summed E-state index contributed by atoms with van der Waals surface area (Å²) >= 11 is 0. The van der Waals surface area contributed by atoms with Crippen molar-refractivity contribution in [2.45, 2.75) is 52.6 Å². The first kappa shape index (κ1) is 42.2. The Kier molecular flexibility index (Phi) is 21.6. The lowest BCUT2D eigenvalue weighted by atomic mass is 9.93. The molecule has 1 heterocycles. The maximum Gasteiger partial charge on any atom is 0.326 e. The molecule has 1 aliphatic rings. The van der Waals surface area contributed by atoms with E-state index >= 15 is 0 Å². The fourth-order valence-electron chi connectivity index (χ4n) is 4.57. The summed E-state index contributed by atoms with van der Waals surface area (Å²) in [5.74, 6) is -1.20. The van der Waals surface area contributed by atoms with Crippen molar-refractivity contribution in [2.24, 2.45) is 0 Å². The SMILES string of the molecule is CC.CO.CO.COc1ccccc1.Cc1ccccc1-c1cc(CN2CCCC2)ccc1C(=O)NC(CCS(C)(=O)=O)C(=O)O. The van der Waals surface area contributed by atoms with Gasteiger partial charge in [-0.2, -0.15) is 0 Å². The maximum absolute atomic E-state index is 13.1. The van der Waals surface area contributed by atoms with E-state index in [4.69, 9.17) is 14.9 Å². The third kappa shape index (κ3) is 15.5. The van der Waals surface area contributed by atoms with Gasteiger partial charge in [0.15, 0.2) is 0 Å². The Bertz CT molecular complexity index is 1390. The van der Waals surface area contributed by atoms with Gasteiger partial charge in [-0.05, 0) is 85.8 Å². The molecule has 1 fully saturated rings. The van der Waals surface area contributed by atoms with E-state index in [-0.39, 0.29) is 12.2 Å². The van der Waals surface area contributed by atoms with Gasteiger partial charge in [0.1, 0.15) is 21.6 Å². The molecule has 0 aromatic heterocycles. The van der Waals surface area contributed by atoms with Crippen LogP contribution in [0.2, 0.25) is 0 Å². The van der Waals surface area contributed by atoms with Crippen molar-refractivity contribution in [3.05, 3.63) is 89.5 Å². The number of benzene rings is 3. The predicted octanol–water partition coefficient (Wildman–Crippen LogP) is 4.81. The van der Waals surface area contributed by atoms with Crippen LogP contribution in [0.15, 0.2) is 72.8 Å². The Morgan fingerprint density at radius 1 is 0.891 bits per heavy atom. The number of carboxylic acid groups (broad SMARTS) is 1. The minimum atomic E-state index is -3.35. The van der Waals surface area contributed by atoms with E-state index < -0.39 is 27.8 Å². The number of nitrogens with one attached hydrogen (secondary N) is 1. The Morgan fingerprint density at radius 3 is 1.96 bits per heavy atom. The second-order valence-corrected chi connectivity index (χ2v) is 12.2. The molecule has 1 amide bonds. The number of rotatable bonds is 10. The first-order valence-corrected chi connectivity index (χ1v) is 17.2. The van der Waals surface area contributed by atoms with Crippen LogP contribution in [-0.2, 0) is 21.2 Å². The summed E-state index contributed by atoms with van der Waals surface area (Å²) in [7, 11) is 0.316. The zero-order valence-corrected chi connectivity index (χ0v) is 29.0. The number of aryl methyl sites for hydroxylation is 1. The second kappa shape index (κ2) is 23.6. The predicted molar refractivity (Wildman–Crippen MR) is 185 cm³/mol. The number of hydrogen-bond donors (Lipinski definition) is 4. The average molecular weight is 661 g/mol. The Balaban J connectivity index is 0.00000122. The molecule has 0 saturated carbocycles. The molecule has 4 N–H and O–H groups in total. The minimum absolute atomic E-state index is 0.188. The summed E-state index contributed by atoms with van der Waals surface area (Å²) in [5.41, 5.74) is 4.11. The molecule has 0 radical (unpaired) electrons. The van der Waals surface area contributed by atoms with Crippen LogP contribution in [-0.4, -0.2) is 93.0 Å². The van der Waals surface area contributed by atoms with Crippen LogP contribution in [0.4, 0.5) is 0 Å². The van der Waals surface area contributed by atoms with Crippen molar-refractivity contribution in [1.29, 1.82) is 0 Å². The Morgan fingerprint density at radius 2 is 1.46 bits per heavy atom. The van der Waals surface area contributed by atoms with Crippen molar-refractivity contribution in [1.82, 2.24) is 10.2 Å². The summed E-state index contributed by atoms with van der Waals surface area (Å²) in [5, 5.41) is 26.0. The van der Waals surface area contributed by atoms with Crippen molar-refractivity contribution in [2.75, 3.05) is 46.4 Å². The summed E-state index contributed by atoms with van der Waals surface area (Å²) in [6.45, 7) is 8.88. The van der Waals surface area contributed by atoms with Crippen molar-refractivity contribution in [3.8, 4) is 16.9 Å². The lowest BCUT2D eigenvalue weighted by Crippen LogP contribution is -2.42. The molecule has 1 aliphatic heterocycles.